The van der Waals surface area contributed by atoms with Gasteiger partial charge in [-0.15, -0.1) is 10.2 Å². The van der Waals surface area contributed by atoms with Gasteiger partial charge < -0.3 is 9.88 Å². The average molecular weight is 257 g/mol. The summed E-state index contributed by atoms with van der Waals surface area (Å²) in [5, 5.41) is 10.5. The molecule has 0 saturated carbocycles. The number of hydrogen-bond donors (Lipinski definition) is 1. The van der Waals surface area contributed by atoms with E-state index in [1.807, 2.05) is 0 Å². The first kappa shape index (κ1) is 11.8. The second-order valence-electron chi connectivity index (χ2n) is 3.18. The van der Waals surface area contributed by atoms with Crippen LogP contribution in [0.1, 0.15) is 0 Å². The van der Waals surface area contributed by atoms with Gasteiger partial charge in [0.1, 0.15) is 11.4 Å². The molecule has 0 fully saturated rings. The minimum Gasteiger partial charge on any atom is -0.371 e. The van der Waals surface area contributed by atoms with E-state index >= 15 is 0 Å². The summed E-state index contributed by atoms with van der Waals surface area (Å²) in [6, 6.07) is 0.789. The number of nitrogens with one attached hydrogen (secondary N) is 1. The molecule has 0 atom stereocenters. The van der Waals surface area contributed by atoms with Crippen molar-refractivity contribution < 1.29 is 8.78 Å². The summed E-state index contributed by atoms with van der Waals surface area (Å²) in [7, 11) is 3.24. The summed E-state index contributed by atoms with van der Waals surface area (Å²) >= 11 is 0.982. The normalized spacial score (nSPS) is 10.6. The lowest BCUT2D eigenvalue weighted by molar-refractivity contribution is 0.551. The molecule has 0 aliphatic carbocycles. The summed E-state index contributed by atoms with van der Waals surface area (Å²) in [4.78, 5) is 3.83. The van der Waals surface area contributed by atoms with Crippen LogP contribution in [-0.2, 0) is 7.05 Å². The predicted molar refractivity (Wildman–Crippen MR) is 58.8 cm³/mol. The Morgan fingerprint density at radius 2 is 2.12 bits per heavy atom. The van der Waals surface area contributed by atoms with E-state index in [-0.39, 0.29) is 10.8 Å². The Hall–Kier alpha value is -1.70. The van der Waals surface area contributed by atoms with Gasteiger partial charge in [0, 0.05) is 20.2 Å². The smallest absolute Gasteiger partial charge is 0.197 e. The number of halogens is 2. The molecular formula is C9H9F2N5S. The van der Waals surface area contributed by atoms with Gasteiger partial charge in [0.25, 0.3) is 0 Å². The first-order valence-corrected chi connectivity index (χ1v) is 5.49. The van der Waals surface area contributed by atoms with Crippen LogP contribution in [0.25, 0.3) is 0 Å². The number of rotatable bonds is 3. The second-order valence-corrected chi connectivity index (χ2v) is 4.14. The molecule has 5 nitrogen and oxygen atoms in total. The minimum atomic E-state index is -0.729. The number of aryl methyl sites for hydroxylation is 1. The Bertz CT molecular complexity index is 542. The van der Waals surface area contributed by atoms with Gasteiger partial charge in [0.2, 0.25) is 0 Å². The molecule has 0 aliphatic rings. The second kappa shape index (κ2) is 4.66. The van der Waals surface area contributed by atoms with E-state index in [1.54, 1.807) is 11.6 Å². The van der Waals surface area contributed by atoms with Crippen molar-refractivity contribution in [1.82, 2.24) is 19.7 Å². The van der Waals surface area contributed by atoms with Crippen molar-refractivity contribution in [2.24, 2.45) is 7.05 Å². The lowest BCUT2D eigenvalue weighted by Gasteiger charge is -2.05. The van der Waals surface area contributed by atoms with E-state index in [4.69, 9.17) is 0 Å². The number of aromatic nitrogens is 4. The summed E-state index contributed by atoms with van der Waals surface area (Å²) in [5.41, 5.74) is 0. The lowest BCUT2D eigenvalue weighted by atomic mass is 10.4. The zero-order chi connectivity index (χ0) is 12.4. The van der Waals surface area contributed by atoms with Crippen LogP contribution in [0, 0.1) is 11.6 Å². The van der Waals surface area contributed by atoms with Crippen LogP contribution in [0.2, 0.25) is 0 Å². The third kappa shape index (κ3) is 2.36. The molecule has 0 aromatic carbocycles. The summed E-state index contributed by atoms with van der Waals surface area (Å²) < 4.78 is 28.3. The van der Waals surface area contributed by atoms with Gasteiger partial charge in [-0.3, -0.25) is 0 Å². The van der Waals surface area contributed by atoms with Crippen LogP contribution in [0.4, 0.5) is 14.6 Å². The van der Waals surface area contributed by atoms with E-state index in [9.17, 15) is 8.78 Å². The SMILES string of the molecule is CNc1nc(Sc2nncn2C)c(F)cc1F. The van der Waals surface area contributed by atoms with Crippen LogP contribution >= 0.6 is 11.8 Å². The fraction of sp³-hybridized carbons (Fsp3) is 0.222. The lowest BCUT2D eigenvalue weighted by Crippen LogP contribution is -2.00. The van der Waals surface area contributed by atoms with Crippen molar-refractivity contribution in [1.29, 1.82) is 0 Å². The first-order chi connectivity index (χ1) is 8.11. The molecule has 0 radical (unpaired) electrons. The van der Waals surface area contributed by atoms with E-state index in [0.717, 1.165) is 17.8 Å². The van der Waals surface area contributed by atoms with Crippen LogP contribution in [0.5, 0.6) is 0 Å². The fourth-order valence-electron chi connectivity index (χ4n) is 1.15. The zero-order valence-corrected chi connectivity index (χ0v) is 9.92. The molecule has 0 spiro atoms. The third-order valence-electron chi connectivity index (χ3n) is 1.99. The molecule has 0 amide bonds. The van der Waals surface area contributed by atoms with Crippen LogP contribution < -0.4 is 5.32 Å². The number of pyridine rings is 1. The highest BCUT2D eigenvalue weighted by molar-refractivity contribution is 7.99. The Kier molecular flexibility index (Phi) is 3.23. The quantitative estimate of drug-likeness (QED) is 0.906. The monoisotopic (exact) mass is 257 g/mol. The molecule has 0 aliphatic heterocycles. The molecule has 17 heavy (non-hydrogen) atoms. The van der Waals surface area contributed by atoms with Gasteiger partial charge in [-0.2, -0.15) is 0 Å². The van der Waals surface area contributed by atoms with Gasteiger partial charge in [-0.1, -0.05) is 0 Å². The van der Waals surface area contributed by atoms with Gasteiger partial charge in [0.15, 0.2) is 22.6 Å². The number of anilines is 1. The number of hydrogen-bond acceptors (Lipinski definition) is 5. The predicted octanol–water partition coefficient (Wildman–Crippen LogP) is 1.68. The molecule has 2 aromatic heterocycles. The topological polar surface area (TPSA) is 55.6 Å². The zero-order valence-electron chi connectivity index (χ0n) is 9.11. The molecule has 0 unspecified atom stereocenters. The van der Waals surface area contributed by atoms with Gasteiger partial charge >= 0.3 is 0 Å². The molecule has 0 bridgehead atoms. The van der Waals surface area contributed by atoms with Crippen LogP contribution in [-0.4, -0.2) is 26.8 Å². The van der Waals surface area contributed by atoms with E-state index in [2.05, 4.69) is 20.5 Å². The highest BCUT2D eigenvalue weighted by Gasteiger charge is 2.14. The average Bonchev–Trinajstić information content (AvgIpc) is 2.68. The Labute approximate surface area is 100 Å². The summed E-state index contributed by atoms with van der Waals surface area (Å²) in [6.45, 7) is 0. The molecule has 1 N–H and O–H groups in total. The molecule has 2 heterocycles. The van der Waals surface area contributed by atoms with E-state index in [0.29, 0.717) is 5.16 Å². The fourth-order valence-corrected chi connectivity index (χ4v) is 1.89. The van der Waals surface area contributed by atoms with E-state index < -0.39 is 11.6 Å². The van der Waals surface area contributed by atoms with E-state index in [1.165, 1.54) is 13.4 Å². The minimum absolute atomic E-state index is 0.00364. The maximum atomic E-state index is 13.5. The number of nitrogens with zero attached hydrogens (tertiary/aromatic N) is 4. The van der Waals surface area contributed by atoms with Crippen molar-refractivity contribution in [2.45, 2.75) is 10.2 Å². The van der Waals surface area contributed by atoms with Crippen molar-refractivity contribution in [3.05, 3.63) is 24.0 Å². The molecule has 8 heteroatoms. The standard InChI is InChI=1S/C9H9F2N5S/c1-12-7-5(10)3-6(11)8(14-7)17-9-15-13-4-16(9)2/h3-4H,1-2H3,(H,12,14). The Balaban J connectivity index is 2.36. The van der Waals surface area contributed by atoms with Gasteiger partial charge in [0.05, 0.1) is 0 Å². The highest BCUT2D eigenvalue weighted by atomic mass is 32.2. The van der Waals surface area contributed by atoms with Gasteiger partial charge in [-0.05, 0) is 11.8 Å². The largest absolute Gasteiger partial charge is 0.371 e. The summed E-state index contributed by atoms with van der Waals surface area (Å²) in [6.07, 6.45) is 1.49. The molecule has 2 aromatic rings. The van der Waals surface area contributed by atoms with Crippen LogP contribution in [0.15, 0.2) is 22.6 Å². The maximum Gasteiger partial charge on any atom is 0.197 e. The highest BCUT2D eigenvalue weighted by Crippen LogP contribution is 2.28. The molecule has 0 saturated heterocycles. The van der Waals surface area contributed by atoms with Crippen molar-refractivity contribution in [3.63, 3.8) is 0 Å². The van der Waals surface area contributed by atoms with Crippen LogP contribution in [0.3, 0.4) is 0 Å². The van der Waals surface area contributed by atoms with Crippen molar-refractivity contribution in [2.75, 3.05) is 12.4 Å². The Morgan fingerprint density at radius 1 is 1.35 bits per heavy atom. The first-order valence-electron chi connectivity index (χ1n) is 4.67. The van der Waals surface area contributed by atoms with Gasteiger partial charge in [-0.25, -0.2) is 13.8 Å². The van der Waals surface area contributed by atoms with Crippen molar-refractivity contribution >= 4 is 17.6 Å². The molecular weight excluding hydrogens is 248 g/mol. The third-order valence-corrected chi connectivity index (χ3v) is 3.02. The maximum absolute atomic E-state index is 13.5. The molecule has 90 valence electrons. The van der Waals surface area contributed by atoms with Crippen molar-refractivity contribution in [3.8, 4) is 0 Å². The molecule has 2 rings (SSSR count). The summed E-state index contributed by atoms with van der Waals surface area (Å²) in [5.74, 6) is -1.46. The Morgan fingerprint density at radius 3 is 2.71 bits per heavy atom.